The number of pyridine rings is 1. The van der Waals surface area contributed by atoms with Gasteiger partial charge >= 0.3 is 0 Å². The molecule has 0 aliphatic carbocycles. The highest BCUT2D eigenvalue weighted by Crippen LogP contribution is 2.16. The van der Waals surface area contributed by atoms with Crippen LogP contribution in [0.2, 0.25) is 10.2 Å². The molecule has 5 heteroatoms. The van der Waals surface area contributed by atoms with Gasteiger partial charge in [-0.25, -0.2) is 4.98 Å². The number of nitrogens with zero attached hydrogens (tertiary/aromatic N) is 1. The lowest BCUT2D eigenvalue weighted by Gasteiger charge is -1.87. The molecule has 1 N–H and O–H groups in total. The van der Waals surface area contributed by atoms with Crippen LogP contribution in [0.5, 0.6) is 0 Å². The number of nitroso groups, excluding NO2 is 1. The number of rotatable bonds is 0. The summed E-state index contributed by atoms with van der Waals surface area (Å²) in [7, 11) is 0. The van der Waals surface area contributed by atoms with Gasteiger partial charge in [0.1, 0.15) is 5.15 Å². The Balaban J connectivity index is 0.000000371. The minimum Gasteiger partial charge on any atom is -0.243 e. The van der Waals surface area contributed by atoms with Crippen molar-refractivity contribution in [2.45, 2.75) is 0 Å². The van der Waals surface area contributed by atoms with Crippen LogP contribution in [-0.2, 0) is 0 Å². The molecule has 3 nitrogen and oxygen atoms in total. The molecule has 0 saturated carbocycles. The van der Waals surface area contributed by atoms with E-state index in [4.69, 9.17) is 28.1 Å². The summed E-state index contributed by atoms with van der Waals surface area (Å²) in [5.41, 5.74) is 4.50. The molecule has 1 heterocycles. The second-order valence-corrected chi connectivity index (χ2v) is 2.04. The maximum atomic E-state index is 7.50. The zero-order valence-corrected chi connectivity index (χ0v) is 6.36. The van der Waals surface area contributed by atoms with Crippen LogP contribution in [0.3, 0.4) is 0 Å². The lowest BCUT2D eigenvalue weighted by atomic mass is 10.5. The smallest absolute Gasteiger partial charge is 0.147 e. The van der Waals surface area contributed by atoms with Crippen molar-refractivity contribution in [2.75, 3.05) is 0 Å². The fourth-order valence-corrected chi connectivity index (χ4v) is 0.607. The zero-order chi connectivity index (χ0) is 7.98. The highest BCUT2D eigenvalue weighted by Gasteiger charge is 1.91. The number of nitrogens with one attached hydrogen (secondary N) is 1. The highest BCUT2D eigenvalue weighted by atomic mass is 35.5. The van der Waals surface area contributed by atoms with Gasteiger partial charge in [0.15, 0.2) is 0 Å². The number of hydrogen-bond donors (Lipinski definition) is 1. The number of hydrogen-bond acceptors (Lipinski definition) is 3. The van der Waals surface area contributed by atoms with Crippen molar-refractivity contribution in [3.05, 3.63) is 33.4 Å². The monoisotopic (exact) mass is 178 g/mol. The van der Waals surface area contributed by atoms with Gasteiger partial charge in [-0.05, 0) is 12.1 Å². The first-order chi connectivity index (χ1) is 4.80. The Morgan fingerprint density at radius 1 is 1.40 bits per heavy atom. The van der Waals surface area contributed by atoms with Gasteiger partial charge in [0, 0.05) is 6.20 Å². The third kappa shape index (κ3) is 2.75. The van der Waals surface area contributed by atoms with Gasteiger partial charge in [-0.3, -0.25) is 0 Å². The summed E-state index contributed by atoms with van der Waals surface area (Å²) in [6.07, 6.45) is 1.59. The molecule has 0 aromatic carbocycles. The van der Waals surface area contributed by atoms with Gasteiger partial charge in [0.2, 0.25) is 0 Å². The average Bonchev–Trinajstić information content (AvgIpc) is 2.00. The Bertz CT molecular complexity index is 186. The van der Waals surface area contributed by atoms with Crippen LogP contribution < -0.4 is 0 Å². The average molecular weight is 179 g/mol. The maximum Gasteiger partial charge on any atom is 0.147 e. The standard InChI is InChI=1S/C5H3Cl2N.HNO/c6-4-2-1-3-8-5(4)7;1-2/h1-3H;1H. The Morgan fingerprint density at radius 3 is 2.30 bits per heavy atom. The third-order valence-electron chi connectivity index (χ3n) is 0.714. The predicted molar refractivity (Wildman–Crippen MR) is 40.3 cm³/mol. The van der Waals surface area contributed by atoms with Crippen molar-refractivity contribution in [2.24, 2.45) is 0 Å². The Labute approximate surface area is 67.7 Å². The van der Waals surface area contributed by atoms with E-state index < -0.39 is 0 Å². The van der Waals surface area contributed by atoms with Gasteiger partial charge < -0.3 is 0 Å². The van der Waals surface area contributed by atoms with Crippen molar-refractivity contribution in [3.8, 4) is 0 Å². The molecule has 1 rings (SSSR count). The van der Waals surface area contributed by atoms with Gasteiger partial charge in [-0.15, -0.1) is 0 Å². The molecule has 1 aromatic rings. The van der Waals surface area contributed by atoms with E-state index in [0.29, 0.717) is 10.2 Å². The normalized spacial score (nSPS) is 7.80. The molecule has 0 saturated heterocycles. The lowest BCUT2D eigenvalue weighted by Crippen LogP contribution is -1.70. The summed E-state index contributed by atoms with van der Waals surface area (Å²) in [4.78, 5) is 11.2. The van der Waals surface area contributed by atoms with E-state index in [2.05, 4.69) is 10.6 Å². The lowest BCUT2D eigenvalue weighted by molar-refractivity contribution is 1.33. The molecular formula is C5H4Cl2N2O. The largest absolute Gasteiger partial charge is 0.243 e. The molecule has 0 bridgehead atoms. The second kappa shape index (κ2) is 5.14. The highest BCUT2D eigenvalue weighted by molar-refractivity contribution is 6.41. The first-order valence-electron chi connectivity index (χ1n) is 2.27. The van der Waals surface area contributed by atoms with Crippen LogP contribution in [0.4, 0.5) is 0 Å². The van der Waals surface area contributed by atoms with Crippen molar-refractivity contribution < 1.29 is 0 Å². The zero-order valence-electron chi connectivity index (χ0n) is 4.84. The summed E-state index contributed by atoms with van der Waals surface area (Å²) in [6.45, 7) is 0. The van der Waals surface area contributed by atoms with E-state index in [-0.39, 0.29) is 0 Å². The van der Waals surface area contributed by atoms with Crippen molar-refractivity contribution in [1.29, 1.82) is 5.59 Å². The van der Waals surface area contributed by atoms with E-state index in [9.17, 15) is 0 Å². The van der Waals surface area contributed by atoms with Crippen LogP contribution in [0.25, 0.3) is 0 Å². The Morgan fingerprint density at radius 2 is 2.00 bits per heavy atom. The fraction of sp³-hybridized carbons (Fsp3) is 0. The topological polar surface area (TPSA) is 53.8 Å². The summed E-state index contributed by atoms with van der Waals surface area (Å²) < 4.78 is 0. The summed E-state index contributed by atoms with van der Waals surface area (Å²) in [6, 6.07) is 3.42. The van der Waals surface area contributed by atoms with Crippen LogP contribution in [0.15, 0.2) is 18.3 Å². The van der Waals surface area contributed by atoms with Gasteiger partial charge in [-0.1, -0.05) is 28.8 Å². The molecule has 1 aromatic heterocycles. The third-order valence-corrected chi connectivity index (χ3v) is 1.42. The van der Waals surface area contributed by atoms with Gasteiger partial charge in [0.05, 0.1) is 5.02 Å². The minimum absolute atomic E-state index is 0.356. The first-order valence-corrected chi connectivity index (χ1v) is 3.03. The molecule has 0 spiro atoms. The summed E-state index contributed by atoms with van der Waals surface area (Å²) >= 11 is 11.0. The maximum absolute atomic E-state index is 7.50. The molecule has 0 atom stereocenters. The van der Waals surface area contributed by atoms with Crippen molar-refractivity contribution >= 4 is 23.2 Å². The van der Waals surface area contributed by atoms with Crippen LogP contribution in [-0.4, -0.2) is 4.98 Å². The van der Waals surface area contributed by atoms with E-state index in [1.54, 1.807) is 18.3 Å². The molecule has 0 radical (unpaired) electrons. The molecule has 54 valence electrons. The number of halogens is 2. The molecule has 0 aliphatic heterocycles. The minimum atomic E-state index is 0.356. The van der Waals surface area contributed by atoms with E-state index in [1.165, 1.54) is 0 Å². The summed E-state index contributed by atoms with van der Waals surface area (Å²) in [5.74, 6) is 0. The van der Waals surface area contributed by atoms with E-state index in [0.717, 1.165) is 0 Å². The quantitative estimate of drug-likeness (QED) is 0.491. The van der Waals surface area contributed by atoms with Crippen LogP contribution >= 0.6 is 23.2 Å². The molecular weight excluding hydrogens is 175 g/mol. The van der Waals surface area contributed by atoms with Gasteiger partial charge in [-0.2, -0.15) is 4.91 Å². The Hall–Kier alpha value is -0.670. The first kappa shape index (κ1) is 9.33. The van der Waals surface area contributed by atoms with E-state index >= 15 is 0 Å². The van der Waals surface area contributed by atoms with Gasteiger partial charge in [0.25, 0.3) is 0 Å². The molecule has 10 heavy (non-hydrogen) atoms. The number of aromatic nitrogens is 1. The SMILES string of the molecule is Clc1cccnc1Cl.N=O. The van der Waals surface area contributed by atoms with Crippen molar-refractivity contribution in [3.63, 3.8) is 0 Å². The second-order valence-electron chi connectivity index (χ2n) is 1.28. The Kier molecular flexibility index (Phi) is 4.80. The fourth-order valence-electron chi connectivity index (χ4n) is 0.366. The molecule has 0 aliphatic rings. The molecule has 0 fully saturated rings. The predicted octanol–water partition coefficient (Wildman–Crippen LogP) is 2.72. The van der Waals surface area contributed by atoms with Crippen molar-refractivity contribution in [1.82, 2.24) is 4.98 Å². The summed E-state index contributed by atoms with van der Waals surface area (Å²) in [5, 5.41) is 0.850. The molecule has 0 amide bonds. The molecule has 0 unspecified atom stereocenters. The van der Waals surface area contributed by atoms with Crippen LogP contribution in [0.1, 0.15) is 0 Å². The van der Waals surface area contributed by atoms with Crippen LogP contribution in [0, 0.1) is 10.5 Å². The van der Waals surface area contributed by atoms with E-state index in [1.807, 2.05) is 0 Å².